The summed E-state index contributed by atoms with van der Waals surface area (Å²) in [6.07, 6.45) is 1.74. The number of amides is 1. The van der Waals surface area contributed by atoms with Gasteiger partial charge in [-0.1, -0.05) is 6.07 Å². The van der Waals surface area contributed by atoms with Gasteiger partial charge in [0.25, 0.3) is 5.91 Å². The number of hydrazone groups is 1. The van der Waals surface area contributed by atoms with Crippen molar-refractivity contribution < 1.29 is 14.3 Å². The van der Waals surface area contributed by atoms with E-state index in [9.17, 15) is 9.59 Å². The van der Waals surface area contributed by atoms with Gasteiger partial charge in [-0.05, 0) is 51.0 Å². The van der Waals surface area contributed by atoms with Gasteiger partial charge in [0.2, 0.25) is 0 Å². The SMILES string of the molecule is Cc1[nH]c(C=C2C(=O)NN=C2c2cccs2)c(C)c1C(=O)OCCN(C)C. The third-order valence-electron chi connectivity index (χ3n) is 4.26. The third-order valence-corrected chi connectivity index (χ3v) is 5.14. The van der Waals surface area contributed by atoms with E-state index in [4.69, 9.17) is 4.74 Å². The van der Waals surface area contributed by atoms with Crippen molar-refractivity contribution in [3.05, 3.63) is 50.5 Å². The molecule has 3 heterocycles. The van der Waals surface area contributed by atoms with Crippen molar-refractivity contribution in [3.8, 4) is 0 Å². The predicted octanol–water partition coefficient (Wildman–Crippen LogP) is 2.33. The fraction of sp³-hybridized carbons (Fsp3) is 0.316. The number of nitrogens with zero attached hydrogens (tertiary/aromatic N) is 2. The van der Waals surface area contributed by atoms with Crippen molar-refractivity contribution in [2.45, 2.75) is 13.8 Å². The van der Waals surface area contributed by atoms with Gasteiger partial charge in [0.1, 0.15) is 12.3 Å². The Balaban J connectivity index is 1.88. The molecule has 2 aromatic rings. The summed E-state index contributed by atoms with van der Waals surface area (Å²) in [6, 6.07) is 3.83. The molecular weight excluding hydrogens is 364 g/mol. The number of esters is 1. The number of aromatic nitrogens is 1. The van der Waals surface area contributed by atoms with Crippen LogP contribution in [0.5, 0.6) is 0 Å². The van der Waals surface area contributed by atoms with E-state index < -0.39 is 0 Å². The minimum absolute atomic E-state index is 0.264. The number of carbonyl (C=O) groups excluding carboxylic acids is 2. The number of carbonyl (C=O) groups is 2. The van der Waals surface area contributed by atoms with E-state index in [2.05, 4.69) is 15.5 Å². The van der Waals surface area contributed by atoms with Crippen LogP contribution in [-0.4, -0.2) is 54.7 Å². The van der Waals surface area contributed by atoms with Gasteiger partial charge in [0.15, 0.2) is 0 Å². The first kappa shape index (κ1) is 19.1. The van der Waals surface area contributed by atoms with Crippen molar-refractivity contribution in [2.24, 2.45) is 5.10 Å². The Bertz CT molecular complexity index is 923. The Morgan fingerprint density at radius 1 is 1.37 bits per heavy atom. The normalized spacial score (nSPS) is 15.4. The molecule has 0 unspecified atom stereocenters. The van der Waals surface area contributed by atoms with Crippen LogP contribution in [0.2, 0.25) is 0 Å². The van der Waals surface area contributed by atoms with Gasteiger partial charge in [-0.25, -0.2) is 10.2 Å². The zero-order chi connectivity index (χ0) is 19.6. The van der Waals surface area contributed by atoms with Crippen LogP contribution >= 0.6 is 11.3 Å². The van der Waals surface area contributed by atoms with Gasteiger partial charge in [0, 0.05) is 17.9 Å². The maximum Gasteiger partial charge on any atom is 0.340 e. The molecule has 0 bridgehead atoms. The number of aryl methyl sites for hydroxylation is 1. The lowest BCUT2D eigenvalue weighted by molar-refractivity contribution is -0.116. The van der Waals surface area contributed by atoms with Gasteiger partial charge in [-0.2, -0.15) is 5.10 Å². The Hall–Kier alpha value is -2.71. The molecule has 0 atom stereocenters. The number of rotatable bonds is 6. The molecule has 0 spiro atoms. The lowest BCUT2D eigenvalue weighted by atomic mass is 10.1. The Labute approximate surface area is 161 Å². The maximum absolute atomic E-state index is 12.5. The average molecular weight is 386 g/mol. The molecule has 1 amide bonds. The molecule has 0 saturated carbocycles. The first-order valence-electron chi connectivity index (χ1n) is 8.53. The second-order valence-corrected chi connectivity index (χ2v) is 7.49. The quantitative estimate of drug-likeness (QED) is 0.589. The smallest absolute Gasteiger partial charge is 0.340 e. The summed E-state index contributed by atoms with van der Waals surface area (Å²) in [5.41, 5.74) is 6.25. The predicted molar refractivity (Wildman–Crippen MR) is 106 cm³/mol. The minimum atomic E-state index is -0.365. The van der Waals surface area contributed by atoms with Crippen molar-refractivity contribution in [2.75, 3.05) is 27.2 Å². The molecule has 0 aromatic carbocycles. The fourth-order valence-corrected chi connectivity index (χ4v) is 3.56. The molecule has 0 radical (unpaired) electrons. The van der Waals surface area contributed by atoms with E-state index in [1.165, 1.54) is 11.3 Å². The highest BCUT2D eigenvalue weighted by Crippen LogP contribution is 2.25. The molecule has 0 fully saturated rings. The number of hydrogen-bond acceptors (Lipinski definition) is 6. The molecule has 1 aliphatic heterocycles. The molecule has 7 nitrogen and oxygen atoms in total. The first-order valence-corrected chi connectivity index (χ1v) is 9.41. The highest BCUT2D eigenvalue weighted by molar-refractivity contribution is 7.12. The van der Waals surface area contributed by atoms with Gasteiger partial charge in [-0.3, -0.25) is 4.79 Å². The minimum Gasteiger partial charge on any atom is -0.461 e. The van der Waals surface area contributed by atoms with Crippen molar-refractivity contribution in [1.82, 2.24) is 15.3 Å². The van der Waals surface area contributed by atoms with E-state index in [0.717, 1.165) is 10.4 Å². The van der Waals surface area contributed by atoms with E-state index in [0.29, 0.717) is 41.4 Å². The highest BCUT2D eigenvalue weighted by atomic mass is 32.1. The molecule has 27 heavy (non-hydrogen) atoms. The van der Waals surface area contributed by atoms with E-state index >= 15 is 0 Å². The van der Waals surface area contributed by atoms with Crippen LogP contribution < -0.4 is 5.43 Å². The van der Waals surface area contributed by atoms with Crippen LogP contribution in [0.1, 0.15) is 32.2 Å². The molecule has 2 aromatic heterocycles. The van der Waals surface area contributed by atoms with Crippen LogP contribution in [0.4, 0.5) is 0 Å². The molecule has 0 saturated heterocycles. The molecule has 142 valence electrons. The monoisotopic (exact) mass is 386 g/mol. The Morgan fingerprint density at radius 2 is 2.15 bits per heavy atom. The fourth-order valence-electron chi connectivity index (χ4n) is 2.83. The average Bonchev–Trinajstić information content (AvgIpc) is 3.30. The lowest BCUT2D eigenvalue weighted by Crippen LogP contribution is -2.20. The Morgan fingerprint density at radius 3 is 2.81 bits per heavy atom. The Kier molecular flexibility index (Phi) is 5.57. The second-order valence-electron chi connectivity index (χ2n) is 6.54. The first-order chi connectivity index (χ1) is 12.9. The number of likely N-dealkylation sites (N-methyl/N-ethyl adjacent to an activating group) is 1. The molecular formula is C19H22N4O3S. The summed E-state index contributed by atoms with van der Waals surface area (Å²) in [5, 5.41) is 6.07. The highest BCUT2D eigenvalue weighted by Gasteiger charge is 2.26. The second kappa shape index (κ2) is 7.89. The number of aromatic amines is 1. The van der Waals surface area contributed by atoms with Crippen molar-refractivity contribution >= 4 is 35.0 Å². The van der Waals surface area contributed by atoms with Crippen molar-refractivity contribution in [1.29, 1.82) is 0 Å². The van der Waals surface area contributed by atoms with Gasteiger partial charge >= 0.3 is 5.97 Å². The summed E-state index contributed by atoms with van der Waals surface area (Å²) in [6.45, 7) is 4.64. The molecule has 1 aliphatic rings. The van der Waals surface area contributed by atoms with Crippen LogP contribution in [0, 0.1) is 13.8 Å². The molecule has 8 heteroatoms. The number of nitrogens with one attached hydrogen (secondary N) is 2. The number of hydrogen-bond donors (Lipinski definition) is 2. The zero-order valence-corrected chi connectivity index (χ0v) is 16.6. The maximum atomic E-state index is 12.5. The van der Waals surface area contributed by atoms with Crippen LogP contribution in [0.15, 0.2) is 28.2 Å². The number of H-pyrrole nitrogens is 1. The summed E-state index contributed by atoms with van der Waals surface area (Å²) >= 11 is 1.51. The summed E-state index contributed by atoms with van der Waals surface area (Å²) in [4.78, 5) is 30.7. The summed E-state index contributed by atoms with van der Waals surface area (Å²) in [7, 11) is 3.84. The van der Waals surface area contributed by atoms with Crippen LogP contribution in [0.3, 0.4) is 0 Å². The zero-order valence-electron chi connectivity index (χ0n) is 15.8. The third kappa shape index (κ3) is 4.01. The van der Waals surface area contributed by atoms with Gasteiger partial charge in [0.05, 0.1) is 16.0 Å². The van der Waals surface area contributed by atoms with E-state index in [-0.39, 0.29) is 11.9 Å². The summed E-state index contributed by atoms with van der Waals surface area (Å²) in [5.74, 6) is -0.629. The molecule has 3 rings (SSSR count). The van der Waals surface area contributed by atoms with Crippen LogP contribution in [0.25, 0.3) is 6.08 Å². The van der Waals surface area contributed by atoms with E-state index in [1.807, 2.05) is 50.4 Å². The largest absolute Gasteiger partial charge is 0.461 e. The topological polar surface area (TPSA) is 86.8 Å². The number of thiophene rings is 1. The van der Waals surface area contributed by atoms with Gasteiger partial charge in [-0.15, -0.1) is 11.3 Å². The molecule has 0 aliphatic carbocycles. The lowest BCUT2D eigenvalue weighted by Gasteiger charge is -2.10. The van der Waals surface area contributed by atoms with Gasteiger partial charge < -0.3 is 14.6 Å². The standard InChI is InChI=1S/C19H22N4O3S/c1-11-14(20-12(2)16(11)19(25)26-8-7-23(3)4)10-13-17(21-22-18(13)24)15-6-5-9-27-15/h5-6,9-10,20H,7-8H2,1-4H3,(H,22,24). The summed E-state index contributed by atoms with van der Waals surface area (Å²) < 4.78 is 5.36. The van der Waals surface area contributed by atoms with Crippen molar-refractivity contribution in [3.63, 3.8) is 0 Å². The molecule has 2 N–H and O–H groups in total. The van der Waals surface area contributed by atoms with E-state index in [1.54, 1.807) is 6.08 Å². The number of ether oxygens (including phenoxy) is 1. The van der Waals surface area contributed by atoms with Crippen LogP contribution in [-0.2, 0) is 9.53 Å².